The van der Waals surface area contributed by atoms with Crippen molar-refractivity contribution in [3.8, 4) is 0 Å². The fourth-order valence-corrected chi connectivity index (χ4v) is 9.55. The van der Waals surface area contributed by atoms with Crippen molar-refractivity contribution in [1.29, 1.82) is 0 Å². The highest BCUT2D eigenvalue weighted by atomic mass is 28.4. The second kappa shape index (κ2) is 7.30. The van der Waals surface area contributed by atoms with Crippen molar-refractivity contribution in [1.82, 2.24) is 15.2 Å². The van der Waals surface area contributed by atoms with E-state index in [9.17, 15) is 0 Å². The van der Waals surface area contributed by atoms with Gasteiger partial charge in [-0.05, 0) is 36.0 Å². The Labute approximate surface area is 162 Å². The van der Waals surface area contributed by atoms with Crippen molar-refractivity contribution < 1.29 is 4.43 Å². The third-order valence-electron chi connectivity index (χ3n) is 7.43. The molecule has 3 unspecified atom stereocenters. The summed E-state index contributed by atoms with van der Waals surface area (Å²) in [4.78, 5) is 0. The molecule has 1 saturated carbocycles. The van der Waals surface area contributed by atoms with E-state index in [-0.39, 0.29) is 5.04 Å². The Morgan fingerprint density at radius 2 is 1.54 bits per heavy atom. The summed E-state index contributed by atoms with van der Waals surface area (Å²) < 4.78 is 9.67. The topological polar surface area (TPSA) is 36.5 Å². The molecule has 2 aliphatic carbocycles. The molecule has 6 heteroatoms. The number of hydrogen-bond acceptors (Lipinski definition) is 4. The first-order chi connectivity index (χ1) is 12.0. The van der Waals surface area contributed by atoms with Gasteiger partial charge in [-0.1, -0.05) is 58.2 Å². The smallest absolute Gasteiger partial charge is 0.192 e. The minimum absolute atomic E-state index is 0.266. The number of nitrogens with zero attached hydrogens (tertiary/aromatic N) is 1. The van der Waals surface area contributed by atoms with E-state index < -0.39 is 16.6 Å². The molecule has 148 valence electrons. The van der Waals surface area contributed by atoms with Gasteiger partial charge in [-0.3, -0.25) is 15.2 Å². The lowest BCUT2D eigenvalue weighted by Crippen LogP contribution is -2.63. The maximum Gasteiger partial charge on any atom is 0.192 e. The van der Waals surface area contributed by atoms with Gasteiger partial charge in [0, 0.05) is 25.9 Å². The van der Waals surface area contributed by atoms with E-state index in [1.807, 2.05) is 0 Å². The summed E-state index contributed by atoms with van der Waals surface area (Å²) in [6, 6.07) is 0. The van der Waals surface area contributed by atoms with Gasteiger partial charge < -0.3 is 4.43 Å². The van der Waals surface area contributed by atoms with Gasteiger partial charge in [0.1, 0.15) is 8.24 Å². The van der Waals surface area contributed by atoms with Crippen LogP contribution in [0.1, 0.15) is 27.2 Å². The van der Waals surface area contributed by atoms with Crippen molar-refractivity contribution in [2.75, 3.05) is 20.0 Å². The Kier molecular flexibility index (Phi) is 5.75. The van der Waals surface area contributed by atoms with E-state index in [1.54, 1.807) is 0 Å². The van der Waals surface area contributed by atoms with Crippen molar-refractivity contribution in [3.63, 3.8) is 0 Å². The van der Waals surface area contributed by atoms with Crippen LogP contribution in [0.15, 0.2) is 24.3 Å². The van der Waals surface area contributed by atoms with E-state index >= 15 is 0 Å². The minimum Gasteiger partial charge on any atom is -0.413 e. The molecule has 0 aromatic rings. The molecular weight excluding hydrogens is 354 g/mol. The summed E-state index contributed by atoms with van der Waals surface area (Å²) in [7, 11) is -3.34. The van der Waals surface area contributed by atoms with Crippen LogP contribution in [-0.2, 0) is 4.43 Å². The summed E-state index contributed by atoms with van der Waals surface area (Å²) in [5.41, 5.74) is 0.741. The van der Waals surface area contributed by atoms with Gasteiger partial charge in [-0.2, -0.15) is 0 Å². The summed E-state index contributed by atoms with van der Waals surface area (Å²) in [6.45, 7) is 19.9. The highest BCUT2D eigenvalue weighted by Gasteiger charge is 2.53. The molecule has 4 nitrogen and oxygen atoms in total. The van der Waals surface area contributed by atoms with Crippen LogP contribution in [0.5, 0.6) is 0 Å². The molecule has 0 bridgehead atoms. The Morgan fingerprint density at radius 1 is 0.962 bits per heavy atom. The van der Waals surface area contributed by atoms with E-state index in [2.05, 4.69) is 86.5 Å². The van der Waals surface area contributed by atoms with E-state index in [0.717, 1.165) is 25.5 Å². The number of nitrogens with one attached hydrogen (secondary N) is 2. The Morgan fingerprint density at radius 3 is 2.12 bits per heavy atom. The van der Waals surface area contributed by atoms with Gasteiger partial charge >= 0.3 is 0 Å². The predicted octanol–water partition coefficient (Wildman–Crippen LogP) is 4.08. The summed E-state index contributed by atoms with van der Waals surface area (Å²) >= 11 is 0. The molecule has 3 aliphatic rings. The Bertz CT molecular complexity index is 562. The fraction of sp³-hybridized carbons (Fsp3) is 0.800. The SMILES string of the molecule is CC(C)(C)[Si](C)(C)O[C@H]1CC([Si](C)(C)N2CNCNC2)C2C=CC=CC21. The van der Waals surface area contributed by atoms with E-state index in [0.29, 0.717) is 17.9 Å². The van der Waals surface area contributed by atoms with Crippen LogP contribution in [0.2, 0.25) is 36.8 Å². The summed E-state index contributed by atoms with van der Waals surface area (Å²) in [5.74, 6) is 1.19. The van der Waals surface area contributed by atoms with E-state index in [1.165, 1.54) is 6.42 Å². The zero-order valence-corrected chi connectivity index (χ0v) is 19.8. The van der Waals surface area contributed by atoms with Crippen LogP contribution in [0.3, 0.4) is 0 Å². The second-order valence-corrected chi connectivity index (χ2v) is 19.8. The lowest BCUT2D eigenvalue weighted by atomic mass is 9.91. The molecule has 0 aromatic heterocycles. The van der Waals surface area contributed by atoms with Crippen LogP contribution in [-0.4, -0.2) is 47.2 Å². The molecule has 2 fully saturated rings. The normalized spacial score (nSPS) is 33.5. The van der Waals surface area contributed by atoms with Crippen LogP contribution in [0.4, 0.5) is 0 Å². The average Bonchev–Trinajstić information content (AvgIpc) is 2.94. The van der Waals surface area contributed by atoms with E-state index in [4.69, 9.17) is 4.43 Å². The van der Waals surface area contributed by atoms with Gasteiger partial charge in [0.15, 0.2) is 8.32 Å². The molecule has 0 spiro atoms. The number of allylic oxidation sites excluding steroid dienone is 3. The lowest BCUT2D eigenvalue weighted by molar-refractivity contribution is 0.153. The molecule has 26 heavy (non-hydrogen) atoms. The zero-order valence-electron chi connectivity index (χ0n) is 17.8. The van der Waals surface area contributed by atoms with Crippen molar-refractivity contribution >= 4 is 16.6 Å². The third kappa shape index (κ3) is 3.82. The summed E-state index contributed by atoms with van der Waals surface area (Å²) in [5, 5.41) is 7.26. The molecule has 1 saturated heterocycles. The standard InChI is InChI=1S/C20H39N3OSi2/c1-20(2,3)26(6,7)24-18-12-19(17-11-9-8-10-16(17)18)25(4,5)23-14-21-13-22-15-23/h8-11,16-19,21-22H,12-15H2,1-7H3/t16?,17?,18-,19?/m0/s1. The highest BCUT2D eigenvalue weighted by Crippen LogP contribution is 2.53. The average molecular weight is 394 g/mol. The van der Waals surface area contributed by atoms with Crippen LogP contribution >= 0.6 is 0 Å². The summed E-state index contributed by atoms with van der Waals surface area (Å²) in [6.07, 6.45) is 11.0. The maximum absolute atomic E-state index is 6.97. The Hall–Kier alpha value is -0.246. The van der Waals surface area contributed by atoms with Crippen LogP contribution in [0, 0.1) is 11.8 Å². The highest BCUT2D eigenvalue weighted by molar-refractivity contribution is 6.76. The zero-order chi connectivity index (χ0) is 19.2. The quantitative estimate of drug-likeness (QED) is 0.706. The minimum atomic E-state index is -1.76. The largest absolute Gasteiger partial charge is 0.413 e. The number of rotatable bonds is 4. The fourth-order valence-electron chi connectivity index (χ4n) is 4.59. The molecular formula is C20H39N3OSi2. The molecule has 0 amide bonds. The molecule has 2 N–H and O–H groups in total. The van der Waals surface area contributed by atoms with Crippen molar-refractivity contribution in [3.05, 3.63) is 24.3 Å². The molecule has 4 atom stereocenters. The van der Waals surface area contributed by atoms with Gasteiger partial charge in [0.2, 0.25) is 0 Å². The molecule has 1 aliphatic heterocycles. The first-order valence-corrected chi connectivity index (χ1v) is 16.2. The molecule has 0 aromatic carbocycles. The molecule has 0 radical (unpaired) electrons. The predicted molar refractivity (Wildman–Crippen MR) is 116 cm³/mol. The first-order valence-electron chi connectivity index (χ1n) is 10.2. The second-order valence-electron chi connectivity index (χ2n) is 10.4. The third-order valence-corrected chi connectivity index (χ3v) is 16.3. The van der Waals surface area contributed by atoms with Gasteiger partial charge in [-0.25, -0.2) is 0 Å². The first kappa shape index (κ1) is 20.5. The number of hydrogen-bond donors (Lipinski definition) is 2. The van der Waals surface area contributed by atoms with Crippen LogP contribution < -0.4 is 10.6 Å². The van der Waals surface area contributed by atoms with Crippen molar-refractivity contribution in [2.45, 2.75) is 70.1 Å². The van der Waals surface area contributed by atoms with Crippen LogP contribution in [0.25, 0.3) is 0 Å². The van der Waals surface area contributed by atoms with Gasteiger partial charge in [0.25, 0.3) is 0 Å². The number of fused-ring (bicyclic) bond motifs is 1. The maximum atomic E-state index is 6.97. The van der Waals surface area contributed by atoms with Gasteiger partial charge in [0.05, 0.1) is 6.10 Å². The van der Waals surface area contributed by atoms with Crippen molar-refractivity contribution in [2.24, 2.45) is 11.8 Å². The molecule has 3 rings (SSSR count). The van der Waals surface area contributed by atoms with Gasteiger partial charge in [-0.15, -0.1) is 0 Å². The lowest BCUT2D eigenvalue weighted by Gasteiger charge is -2.45. The molecule has 1 heterocycles. The Balaban J connectivity index is 1.82. The monoisotopic (exact) mass is 393 g/mol.